The lowest BCUT2D eigenvalue weighted by Gasteiger charge is -2.24. The molecular weight excluding hydrogens is 339 g/mol. The van der Waals surface area contributed by atoms with Crippen LogP contribution in [0.25, 0.3) is 0 Å². The molecule has 3 nitrogen and oxygen atoms in total. The molecule has 1 saturated heterocycles. The number of rotatable bonds is 2. The van der Waals surface area contributed by atoms with Gasteiger partial charge in [0, 0.05) is 47.4 Å². The van der Waals surface area contributed by atoms with Gasteiger partial charge in [-0.3, -0.25) is 0 Å². The van der Waals surface area contributed by atoms with Crippen molar-refractivity contribution < 1.29 is 22.5 Å². The van der Waals surface area contributed by atoms with E-state index >= 15 is 0 Å². The van der Waals surface area contributed by atoms with Crippen molar-refractivity contribution in [3.8, 4) is 5.75 Å². The molecular formula is C17H14F3NO2S. The van der Waals surface area contributed by atoms with E-state index in [0.29, 0.717) is 11.8 Å². The van der Waals surface area contributed by atoms with Crippen LogP contribution in [-0.2, 0) is 11.2 Å². The highest BCUT2D eigenvalue weighted by Gasteiger charge is 2.37. The molecule has 0 spiro atoms. The van der Waals surface area contributed by atoms with Gasteiger partial charge in [-0.05, 0) is 25.1 Å². The van der Waals surface area contributed by atoms with Gasteiger partial charge in [-0.15, -0.1) is 0 Å². The van der Waals surface area contributed by atoms with Gasteiger partial charge >= 0.3 is 0 Å². The van der Waals surface area contributed by atoms with Crippen LogP contribution in [0.3, 0.4) is 0 Å². The second-order valence-electron chi connectivity index (χ2n) is 5.92. The van der Waals surface area contributed by atoms with Crippen LogP contribution < -0.4 is 10.1 Å². The van der Waals surface area contributed by atoms with Gasteiger partial charge in [-0.2, -0.15) is 4.39 Å². The number of hydrogen-bond donors (Lipinski definition) is 1. The highest BCUT2D eigenvalue weighted by molar-refractivity contribution is 7.91. The van der Waals surface area contributed by atoms with Gasteiger partial charge in [0.15, 0.2) is 15.6 Å². The lowest BCUT2D eigenvalue weighted by Crippen LogP contribution is -2.39. The minimum atomic E-state index is -2.03. The zero-order chi connectivity index (χ0) is 16.8. The Morgan fingerprint density at radius 3 is 2.83 bits per heavy atom. The predicted molar refractivity (Wildman–Crippen MR) is 82.1 cm³/mol. The molecule has 0 aromatic heterocycles. The highest BCUT2D eigenvalue weighted by Crippen LogP contribution is 2.42. The maximum Gasteiger partial charge on any atom is 0.214 e. The number of piperidine rings is 1. The van der Waals surface area contributed by atoms with Crippen LogP contribution in [0.1, 0.15) is 17.9 Å². The molecule has 0 bridgehead atoms. The van der Waals surface area contributed by atoms with Crippen LogP contribution in [0.15, 0.2) is 40.1 Å². The van der Waals surface area contributed by atoms with E-state index in [1.165, 1.54) is 0 Å². The van der Waals surface area contributed by atoms with Crippen LogP contribution in [0.4, 0.5) is 13.2 Å². The molecule has 0 radical (unpaired) electrons. The molecule has 0 aliphatic carbocycles. The van der Waals surface area contributed by atoms with Crippen molar-refractivity contribution in [3.63, 3.8) is 0 Å². The second-order valence-corrected chi connectivity index (χ2v) is 7.37. The molecule has 4 rings (SSSR count). The summed E-state index contributed by atoms with van der Waals surface area (Å²) in [5, 5.41) is 3.26. The summed E-state index contributed by atoms with van der Waals surface area (Å²) in [6.07, 6.45) is 0.977. The number of fused-ring (bicyclic) bond motifs is 3. The van der Waals surface area contributed by atoms with E-state index in [1.807, 2.05) is 6.07 Å². The first kappa shape index (κ1) is 15.8. The number of benzene rings is 2. The molecule has 3 unspecified atom stereocenters. The SMILES string of the molecule is [O-][S+](c1ccc2c(c1)OC1CNCCC21)c1cc(F)cc(F)c1F. The van der Waals surface area contributed by atoms with E-state index in [1.54, 1.807) is 12.1 Å². The molecule has 126 valence electrons. The number of ether oxygens (including phenoxy) is 1. The molecule has 1 N–H and O–H groups in total. The first-order valence-corrected chi connectivity index (χ1v) is 8.77. The Morgan fingerprint density at radius 1 is 1.17 bits per heavy atom. The summed E-state index contributed by atoms with van der Waals surface area (Å²) >= 11 is -2.03. The van der Waals surface area contributed by atoms with Crippen molar-refractivity contribution in [2.75, 3.05) is 13.1 Å². The summed E-state index contributed by atoms with van der Waals surface area (Å²) in [6.45, 7) is 1.65. The Labute approximate surface area is 140 Å². The van der Waals surface area contributed by atoms with Gasteiger partial charge in [0.05, 0.1) is 0 Å². The average molecular weight is 353 g/mol. The standard InChI is InChI=1S/C17H14F3NO2S/c18-9-5-13(19)17(20)16(6-9)24(22)10-1-2-11-12-3-4-21-8-15(12)23-14(11)7-10/h1-2,5-7,12,15,21H,3-4,8H2. The summed E-state index contributed by atoms with van der Waals surface area (Å²) in [5.74, 6) is -2.72. The van der Waals surface area contributed by atoms with Crippen LogP contribution in [0.2, 0.25) is 0 Å². The first-order valence-electron chi connectivity index (χ1n) is 7.62. The fourth-order valence-corrected chi connectivity index (χ4v) is 4.44. The van der Waals surface area contributed by atoms with Crippen LogP contribution in [0, 0.1) is 17.5 Å². The van der Waals surface area contributed by atoms with E-state index in [-0.39, 0.29) is 16.9 Å². The van der Waals surface area contributed by atoms with E-state index in [0.717, 1.165) is 31.1 Å². The molecule has 2 aliphatic rings. The summed E-state index contributed by atoms with van der Waals surface area (Å²) in [6, 6.07) is 6.18. The van der Waals surface area contributed by atoms with Crippen LogP contribution in [-0.4, -0.2) is 23.7 Å². The van der Waals surface area contributed by atoms with Gasteiger partial charge in [0.25, 0.3) is 0 Å². The van der Waals surface area contributed by atoms with Crippen LogP contribution in [0.5, 0.6) is 5.75 Å². The smallest absolute Gasteiger partial charge is 0.214 e. The molecule has 0 saturated carbocycles. The Morgan fingerprint density at radius 2 is 2.00 bits per heavy atom. The maximum absolute atomic E-state index is 13.9. The molecule has 2 heterocycles. The van der Waals surface area contributed by atoms with E-state index in [2.05, 4.69) is 5.32 Å². The summed E-state index contributed by atoms with van der Waals surface area (Å²) in [7, 11) is 0. The first-order chi connectivity index (χ1) is 11.5. The van der Waals surface area contributed by atoms with Gasteiger partial charge in [-0.25, -0.2) is 8.78 Å². The largest absolute Gasteiger partial charge is 0.606 e. The number of hydrogen-bond acceptors (Lipinski definition) is 3. The normalized spacial score (nSPS) is 23.3. The monoisotopic (exact) mass is 353 g/mol. The fraction of sp³-hybridized carbons (Fsp3) is 0.294. The third kappa shape index (κ3) is 2.56. The van der Waals surface area contributed by atoms with E-state index < -0.39 is 33.5 Å². The van der Waals surface area contributed by atoms with Crippen molar-refractivity contribution in [1.82, 2.24) is 5.32 Å². The lowest BCUT2D eigenvalue weighted by molar-refractivity contribution is 0.176. The van der Waals surface area contributed by atoms with Crippen molar-refractivity contribution in [3.05, 3.63) is 53.3 Å². The molecule has 1 fully saturated rings. The van der Waals surface area contributed by atoms with Gasteiger partial charge in [0.1, 0.15) is 17.7 Å². The summed E-state index contributed by atoms with van der Waals surface area (Å²) in [4.78, 5) is -0.256. The van der Waals surface area contributed by atoms with Crippen molar-refractivity contribution in [1.29, 1.82) is 0 Å². The summed E-state index contributed by atoms with van der Waals surface area (Å²) in [5.41, 5.74) is 1.04. The van der Waals surface area contributed by atoms with Gasteiger partial charge in [0.2, 0.25) is 5.82 Å². The highest BCUT2D eigenvalue weighted by atomic mass is 32.2. The Bertz CT molecular complexity index is 802. The minimum Gasteiger partial charge on any atom is -0.606 e. The lowest BCUT2D eigenvalue weighted by atomic mass is 9.90. The molecule has 0 amide bonds. The van der Waals surface area contributed by atoms with Crippen molar-refractivity contribution in [2.45, 2.75) is 28.2 Å². The third-order valence-electron chi connectivity index (χ3n) is 4.46. The predicted octanol–water partition coefficient (Wildman–Crippen LogP) is 3.11. The topological polar surface area (TPSA) is 44.3 Å². The molecule has 7 heteroatoms. The second kappa shape index (κ2) is 5.98. The summed E-state index contributed by atoms with van der Waals surface area (Å²) < 4.78 is 59.0. The number of halogens is 3. The quantitative estimate of drug-likeness (QED) is 0.667. The zero-order valence-electron chi connectivity index (χ0n) is 12.5. The van der Waals surface area contributed by atoms with Gasteiger partial charge in [-0.1, -0.05) is 0 Å². The Balaban J connectivity index is 1.69. The molecule has 3 atom stereocenters. The average Bonchev–Trinajstić information content (AvgIpc) is 2.95. The Hall–Kier alpha value is -1.70. The number of nitrogens with one attached hydrogen (secondary N) is 1. The third-order valence-corrected chi connectivity index (χ3v) is 5.84. The van der Waals surface area contributed by atoms with Gasteiger partial charge < -0.3 is 14.6 Å². The molecule has 2 aliphatic heterocycles. The van der Waals surface area contributed by atoms with Crippen molar-refractivity contribution >= 4 is 11.2 Å². The maximum atomic E-state index is 13.9. The van der Waals surface area contributed by atoms with E-state index in [9.17, 15) is 17.7 Å². The van der Waals surface area contributed by atoms with Crippen molar-refractivity contribution in [2.24, 2.45) is 0 Å². The van der Waals surface area contributed by atoms with E-state index in [4.69, 9.17) is 4.74 Å². The minimum absolute atomic E-state index is 0.0285. The van der Waals surface area contributed by atoms with Crippen LogP contribution >= 0.6 is 0 Å². The fourth-order valence-electron chi connectivity index (χ4n) is 3.31. The molecule has 2 aromatic carbocycles. The molecule has 2 aromatic rings. The molecule has 24 heavy (non-hydrogen) atoms. The zero-order valence-corrected chi connectivity index (χ0v) is 13.3. The Kier molecular flexibility index (Phi) is 3.94.